The Morgan fingerprint density at radius 1 is 1.16 bits per heavy atom. The Kier molecular flexibility index (Phi) is 4.50. The van der Waals surface area contributed by atoms with Gasteiger partial charge in [0.2, 0.25) is 5.91 Å². The fraction of sp³-hybridized carbons (Fsp3) is 0.333. The van der Waals surface area contributed by atoms with Crippen molar-refractivity contribution in [2.45, 2.75) is 25.3 Å². The van der Waals surface area contributed by atoms with Gasteiger partial charge in [-0.1, -0.05) is 12.1 Å². The highest BCUT2D eigenvalue weighted by atomic mass is 19.1. The number of aromatic amines is 1. The van der Waals surface area contributed by atoms with E-state index in [0.717, 1.165) is 27.8 Å². The number of carbonyl (C=O) groups is 2. The lowest BCUT2D eigenvalue weighted by Crippen LogP contribution is -2.67. The van der Waals surface area contributed by atoms with Crippen molar-refractivity contribution in [2.24, 2.45) is 0 Å². The van der Waals surface area contributed by atoms with Crippen molar-refractivity contribution in [3.05, 3.63) is 65.1 Å². The number of halogens is 1. The monoisotopic (exact) mass is 421 g/mol. The van der Waals surface area contributed by atoms with Gasteiger partial charge in [-0.05, 0) is 61.2 Å². The van der Waals surface area contributed by atoms with E-state index in [1.54, 1.807) is 29.9 Å². The topological polar surface area (TPSA) is 65.6 Å². The van der Waals surface area contributed by atoms with Gasteiger partial charge >= 0.3 is 0 Å². The van der Waals surface area contributed by atoms with Crippen LogP contribution in [-0.2, 0) is 28.0 Å². The van der Waals surface area contributed by atoms with Crippen LogP contribution in [-0.4, -0.2) is 53.3 Å². The van der Waals surface area contributed by atoms with Crippen LogP contribution in [0.1, 0.15) is 23.7 Å². The molecule has 2 aromatic carbocycles. The Labute approximate surface area is 179 Å². The highest BCUT2D eigenvalue weighted by Crippen LogP contribution is 2.42. The third kappa shape index (κ3) is 2.99. The van der Waals surface area contributed by atoms with E-state index in [1.165, 1.54) is 12.1 Å². The molecule has 160 valence electrons. The van der Waals surface area contributed by atoms with Gasteiger partial charge in [-0.3, -0.25) is 9.59 Å². The van der Waals surface area contributed by atoms with Gasteiger partial charge < -0.3 is 19.5 Å². The first-order valence-corrected chi connectivity index (χ1v) is 10.4. The molecule has 3 heterocycles. The van der Waals surface area contributed by atoms with Crippen molar-refractivity contribution in [1.82, 2.24) is 14.8 Å². The summed E-state index contributed by atoms with van der Waals surface area (Å²) in [5.41, 5.74) is 2.36. The number of nitrogens with one attached hydrogen (secondary N) is 1. The second-order valence-electron chi connectivity index (χ2n) is 8.36. The molecular formula is C24H24FN3O3. The minimum atomic E-state index is -1.11. The number of hydrogen-bond donors (Lipinski definition) is 1. The molecule has 0 bridgehead atoms. The van der Waals surface area contributed by atoms with E-state index in [0.29, 0.717) is 31.6 Å². The molecule has 2 amide bonds. The maximum atomic E-state index is 13.9. The zero-order chi connectivity index (χ0) is 21.8. The maximum absolute atomic E-state index is 13.9. The number of piperazine rings is 1. The SMILES string of the molecule is COc1ccc(CCN2CC(=O)N3CCc4c([nH]c5ccc(F)cc45)[C@@]3(C)C2=O)cc1. The molecule has 0 saturated carbocycles. The highest BCUT2D eigenvalue weighted by molar-refractivity contribution is 6.00. The molecule has 0 unspecified atom stereocenters. The van der Waals surface area contributed by atoms with Crippen LogP contribution in [0.2, 0.25) is 0 Å². The number of carbonyl (C=O) groups excluding carboxylic acids is 2. The lowest BCUT2D eigenvalue weighted by molar-refractivity contribution is -0.165. The summed E-state index contributed by atoms with van der Waals surface area (Å²) in [5, 5.41) is 0.784. The minimum absolute atomic E-state index is 0.0627. The average molecular weight is 421 g/mol. The summed E-state index contributed by atoms with van der Waals surface area (Å²) < 4.78 is 19.1. The van der Waals surface area contributed by atoms with Crippen LogP contribution < -0.4 is 4.74 Å². The highest BCUT2D eigenvalue weighted by Gasteiger charge is 2.53. The smallest absolute Gasteiger partial charge is 0.254 e. The van der Waals surface area contributed by atoms with Crippen LogP contribution in [0.3, 0.4) is 0 Å². The lowest BCUT2D eigenvalue weighted by Gasteiger charge is -2.49. The largest absolute Gasteiger partial charge is 0.497 e. The Balaban J connectivity index is 1.47. The van der Waals surface area contributed by atoms with E-state index in [2.05, 4.69) is 4.98 Å². The summed E-state index contributed by atoms with van der Waals surface area (Å²) in [4.78, 5) is 33.3. The summed E-state index contributed by atoms with van der Waals surface area (Å²) in [6, 6.07) is 12.3. The first-order chi connectivity index (χ1) is 14.9. The van der Waals surface area contributed by atoms with Gasteiger partial charge in [-0.2, -0.15) is 0 Å². The molecule has 3 aromatic rings. The van der Waals surface area contributed by atoms with E-state index in [-0.39, 0.29) is 24.2 Å². The average Bonchev–Trinajstić information content (AvgIpc) is 3.15. The van der Waals surface area contributed by atoms with Gasteiger partial charge in [-0.25, -0.2) is 4.39 Å². The van der Waals surface area contributed by atoms with Gasteiger partial charge in [0, 0.05) is 24.0 Å². The Bertz CT molecular complexity index is 1190. The predicted molar refractivity (Wildman–Crippen MR) is 114 cm³/mol. The number of rotatable bonds is 4. The number of H-pyrrole nitrogens is 1. The molecule has 1 atom stereocenters. The second kappa shape index (κ2) is 7.11. The molecule has 7 heteroatoms. The zero-order valence-corrected chi connectivity index (χ0v) is 17.6. The first kappa shape index (κ1) is 19.6. The standard InChI is InChI=1S/C24H24FN3O3/c1-24-22-18(19-13-16(25)5-8-20(19)26-22)10-12-28(24)21(29)14-27(23(24)30)11-9-15-3-6-17(31-2)7-4-15/h3-8,13,26H,9-12,14H2,1-2H3/t24-/m0/s1. The molecule has 31 heavy (non-hydrogen) atoms. The van der Waals surface area contributed by atoms with Crippen LogP contribution in [0.5, 0.6) is 5.75 Å². The lowest BCUT2D eigenvalue weighted by atomic mass is 9.83. The molecule has 6 nitrogen and oxygen atoms in total. The molecule has 0 aliphatic carbocycles. The Morgan fingerprint density at radius 2 is 1.94 bits per heavy atom. The number of amides is 2. The molecule has 1 saturated heterocycles. The van der Waals surface area contributed by atoms with Crippen molar-refractivity contribution in [1.29, 1.82) is 0 Å². The van der Waals surface area contributed by atoms with E-state index in [9.17, 15) is 14.0 Å². The van der Waals surface area contributed by atoms with E-state index < -0.39 is 5.54 Å². The molecule has 0 spiro atoms. The number of methoxy groups -OCH3 is 1. The zero-order valence-electron chi connectivity index (χ0n) is 17.6. The number of benzene rings is 2. The van der Waals surface area contributed by atoms with Crippen molar-refractivity contribution in [2.75, 3.05) is 26.7 Å². The van der Waals surface area contributed by atoms with Gasteiger partial charge in [0.1, 0.15) is 11.6 Å². The molecule has 2 aliphatic rings. The molecule has 1 aromatic heterocycles. The number of hydrogen-bond acceptors (Lipinski definition) is 3. The fourth-order valence-electron chi connectivity index (χ4n) is 4.94. The molecule has 0 radical (unpaired) electrons. The maximum Gasteiger partial charge on any atom is 0.254 e. The number of ether oxygens (including phenoxy) is 1. The van der Waals surface area contributed by atoms with Gasteiger partial charge in [0.25, 0.3) is 5.91 Å². The van der Waals surface area contributed by atoms with Crippen LogP contribution in [0.4, 0.5) is 4.39 Å². The molecular weight excluding hydrogens is 397 g/mol. The Morgan fingerprint density at radius 3 is 2.68 bits per heavy atom. The van der Waals surface area contributed by atoms with E-state index >= 15 is 0 Å². The van der Waals surface area contributed by atoms with E-state index in [4.69, 9.17) is 4.74 Å². The number of fused-ring (bicyclic) bond motifs is 5. The number of aromatic nitrogens is 1. The second-order valence-corrected chi connectivity index (χ2v) is 8.36. The van der Waals surface area contributed by atoms with Gasteiger partial charge in [0.05, 0.1) is 19.3 Å². The summed E-state index contributed by atoms with van der Waals surface area (Å²) >= 11 is 0. The minimum Gasteiger partial charge on any atom is -0.497 e. The van der Waals surface area contributed by atoms with Crippen LogP contribution in [0.25, 0.3) is 10.9 Å². The number of nitrogens with zero attached hydrogens (tertiary/aromatic N) is 2. The van der Waals surface area contributed by atoms with Crippen molar-refractivity contribution in [3.63, 3.8) is 0 Å². The third-order valence-corrected chi connectivity index (χ3v) is 6.64. The van der Waals surface area contributed by atoms with Crippen molar-refractivity contribution >= 4 is 22.7 Å². The molecule has 5 rings (SSSR count). The third-order valence-electron chi connectivity index (χ3n) is 6.64. The van der Waals surface area contributed by atoms with Crippen LogP contribution in [0.15, 0.2) is 42.5 Å². The summed E-state index contributed by atoms with van der Waals surface area (Å²) in [5.74, 6) is 0.302. The van der Waals surface area contributed by atoms with Crippen LogP contribution in [0, 0.1) is 5.82 Å². The molecule has 2 aliphatic heterocycles. The van der Waals surface area contributed by atoms with Gasteiger partial charge in [-0.15, -0.1) is 0 Å². The summed E-state index contributed by atoms with van der Waals surface area (Å²) in [6.07, 6.45) is 1.24. The first-order valence-electron chi connectivity index (χ1n) is 10.4. The van der Waals surface area contributed by atoms with Gasteiger partial charge in [0.15, 0.2) is 5.54 Å². The fourth-order valence-corrected chi connectivity index (χ4v) is 4.94. The predicted octanol–water partition coefficient (Wildman–Crippen LogP) is 3.00. The van der Waals surface area contributed by atoms with Crippen molar-refractivity contribution < 1.29 is 18.7 Å². The normalized spacial score (nSPS) is 20.7. The summed E-state index contributed by atoms with van der Waals surface area (Å²) in [7, 11) is 1.62. The Hall–Kier alpha value is -3.35. The summed E-state index contributed by atoms with van der Waals surface area (Å²) in [6.45, 7) is 2.78. The molecule has 1 fully saturated rings. The van der Waals surface area contributed by atoms with E-state index in [1.807, 2.05) is 24.3 Å². The molecule has 1 N–H and O–H groups in total. The quantitative estimate of drug-likeness (QED) is 0.704. The van der Waals surface area contributed by atoms with Crippen molar-refractivity contribution in [3.8, 4) is 5.75 Å². The van der Waals surface area contributed by atoms with Crippen LogP contribution >= 0.6 is 0 Å².